The summed E-state index contributed by atoms with van der Waals surface area (Å²) < 4.78 is 2.22. The van der Waals surface area contributed by atoms with Gasteiger partial charge in [0, 0.05) is 35.5 Å². The normalized spacial score (nSPS) is 13.6. The molecule has 0 radical (unpaired) electrons. The third-order valence-electron chi connectivity index (χ3n) is 2.13. The van der Waals surface area contributed by atoms with Gasteiger partial charge in [-0.15, -0.1) is 0 Å². The van der Waals surface area contributed by atoms with Crippen LogP contribution in [0.25, 0.3) is 0 Å². The predicted molar refractivity (Wildman–Crippen MR) is 68.3 cm³/mol. The van der Waals surface area contributed by atoms with Gasteiger partial charge in [0.1, 0.15) is 0 Å². The molecule has 1 N–H and O–H groups in total. The van der Waals surface area contributed by atoms with Crippen molar-refractivity contribution < 1.29 is 0 Å². The van der Waals surface area contributed by atoms with Gasteiger partial charge in [-0.2, -0.15) is 0 Å². The Morgan fingerprint density at radius 1 is 1.38 bits per heavy atom. The summed E-state index contributed by atoms with van der Waals surface area (Å²) in [7, 11) is 2.12. The summed E-state index contributed by atoms with van der Waals surface area (Å²) in [6, 6.07) is 0.683. The van der Waals surface area contributed by atoms with Crippen molar-refractivity contribution in [3.05, 3.63) is 0 Å². The zero-order valence-corrected chi connectivity index (χ0v) is 11.3. The third kappa shape index (κ3) is 10.6. The van der Waals surface area contributed by atoms with Crippen LogP contribution in [0.3, 0.4) is 0 Å². The minimum Gasteiger partial charge on any atom is -0.314 e. The van der Waals surface area contributed by atoms with E-state index in [0.29, 0.717) is 6.04 Å². The first-order chi connectivity index (χ1) is 6.16. The fourth-order valence-corrected chi connectivity index (χ4v) is 1.58. The summed E-state index contributed by atoms with van der Waals surface area (Å²) in [4.78, 5) is 0. The number of hydrogen-bond acceptors (Lipinski definition) is 2. The summed E-state index contributed by atoms with van der Waals surface area (Å²) in [5.41, 5.74) is 0. The lowest BCUT2D eigenvalue weighted by molar-refractivity contribution is 0.464. The number of nitrogens with zero attached hydrogens (tertiary/aromatic N) is 1. The lowest BCUT2D eigenvalue weighted by Gasteiger charge is -2.14. The van der Waals surface area contributed by atoms with Crippen molar-refractivity contribution in [3.63, 3.8) is 0 Å². The molecule has 0 fully saturated rings. The van der Waals surface area contributed by atoms with Crippen LogP contribution in [0.15, 0.2) is 0 Å². The second kappa shape index (κ2) is 9.21. The van der Waals surface area contributed by atoms with Crippen LogP contribution in [-0.2, 0) is 0 Å². The Morgan fingerprint density at radius 3 is 2.62 bits per heavy atom. The van der Waals surface area contributed by atoms with Gasteiger partial charge in [-0.1, -0.05) is 13.3 Å². The second-order valence-electron chi connectivity index (χ2n) is 3.68. The molecule has 0 saturated carbocycles. The van der Waals surface area contributed by atoms with Crippen LogP contribution in [-0.4, -0.2) is 29.3 Å². The fourth-order valence-electron chi connectivity index (χ4n) is 1.24. The first kappa shape index (κ1) is 13.7. The topological polar surface area (TPSA) is 15.3 Å². The average molecular weight is 298 g/mol. The van der Waals surface area contributed by atoms with Crippen LogP contribution < -0.4 is 5.32 Å². The van der Waals surface area contributed by atoms with Crippen molar-refractivity contribution in [2.24, 2.45) is 0 Å². The maximum atomic E-state index is 3.54. The highest BCUT2D eigenvalue weighted by atomic mass is 127. The number of hydrogen-bond donors (Lipinski definition) is 1. The van der Waals surface area contributed by atoms with Gasteiger partial charge in [0.15, 0.2) is 0 Å². The molecule has 13 heavy (non-hydrogen) atoms. The molecule has 0 rings (SSSR count). The second-order valence-corrected chi connectivity index (χ2v) is 5.33. The first-order valence-electron chi connectivity index (χ1n) is 5.27. The van der Waals surface area contributed by atoms with Crippen LogP contribution >= 0.6 is 22.9 Å². The van der Waals surface area contributed by atoms with E-state index in [-0.39, 0.29) is 0 Å². The van der Waals surface area contributed by atoms with Gasteiger partial charge in [0.05, 0.1) is 0 Å². The van der Waals surface area contributed by atoms with Crippen molar-refractivity contribution in [2.75, 3.05) is 20.1 Å². The maximum Gasteiger partial charge on any atom is 0.0198 e. The molecule has 1 atom stereocenters. The van der Waals surface area contributed by atoms with Gasteiger partial charge in [-0.3, -0.25) is 3.11 Å². The minimum absolute atomic E-state index is 0.683. The summed E-state index contributed by atoms with van der Waals surface area (Å²) in [5, 5.41) is 3.54. The van der Waals surface area contributed by atoms with Gasteiger partial charge in [-0.25, -0.2) is 0 Å². The van der Waals surface area contributed by atoms with Gasteiger partial charge >= 0.3 is 0 Å². The Balaban J connectivity index is 3.15. The molecule has 0 amide bonds. The molecule has 1 unspecified atom stereocenters. The van der Waals surface area contributed by atoms with E-state index in [2.05, 4.69) is 52.2 Å². The zero-order valence-electron chi connectivity index (χ0n) is 9.15. The van der Waals surface area contributed by atoms with Crippen LogP contribution in [0.4, 0.5) is 0 Å². The summed E-state index contributed by atoms with van der Waals surface area (Å²) in [6.07, 6.45) is 5.17. The molecule has 0 aromatic heterocycles. The molecule has 2 nitrogen and oxygen atoms in total. The van der Waals surface area contributed by atoms with E-state index in [0.717, 1.165) is 0 Å². The highest BCUT2D eigenvalue weighted by Crippen LogP contribution is 2.01. The molecule has 0 aliphatic heterocycles. The Labute approximate surface area is 97.0 Å². The van der Waals surface area contributed by atoms with E-state index in [4.69, 9.17) is 0 Å². The van der Waals surface area contributed by atoms with Crippen molar-refractivity contribution in [1.29, 1.82) is 0 Å². The van der Waals surface area contributed by atoms with E-state index >= 15 is 0 Å². The average Bonchev–Trinajstić information content (AvgIpc) is 2.04. The molecular formula is C10H23IN2. The Morgan fingerprint density at radius 2 is 2.08 bits per heavy atom. The van der Waals surface area contributed by atoms with Crippen molar-refractivity contribution in [3.8, 4) is 0 Å². The maximum absolute atomic E-state index is 3.54. The molecule has 0 aliphatic carbocycles. The third-order valence-corrected chi connectivity index (χ3v) is 2.61. The highest BCUT2D eigenvalue weighted by molar-refractivity contribution is 14.1. The molecule has 3 heteroatoms. The monoisotopic (exact) mass is 298 g/mol. The lowest BCUT2D eigenvalue weighted by Crippen LogP contribution is -2.27. The molecule has 0 spiro atoms. The fraction of sp³-hybridized carbons (Fsp3) is 1.00. The molecule has 0 heterocycles. The van der Waals surface area contributed by atoms with Crippen LogP contribution in [0.2, 0.25) is 0 Å². The quantitative estimate of drug-likeness (QED) is 0.421. The molecular weight excluding hydrogens is 275 g/mol. The molecule has 80 valence electrons. The summed E-state index contributed by atoms with van der Waals surface area (Å²) >= 11 is 2.34. The first-order valence-corrected chi connectivity index (χ1v) is 6.23. The van der Waals surface area contributed by atoms with E-state index in [1.54, 1.807) is 0 Å². The highest BCUT2D eigenvalue weighted by Gasteiger charge is 2.00. The number of unbranched alkanes of at least 4 members (excludes halogenated alkanes) is 1. The SMILES string of the molecule is CCCCNC(C)CCCN(C)I. The number of rotatable bonds is 8. The molecule has 0 aromatic rings. The Kier molecular flexibility index (Phi) is 9.68. The van der Waals surface area contributed by atoms with Gasteiger partial charge < -0.3 is 5.32 Å². The van der Waals surface area contributed by atoms with Crippen molar-refractivity contribution in [1.82, 2.24) is 8.43 Å². The van der Waals surface area contributed by atoms with Crippen molar-refractivity contribution >= 4 is 22.9 Å². The van der Waals surface area contributed by atoms with E-state index in [1.807, 2.05) is 0 Å². The van der Waals surface area contributed by atoms with Gasteiger partial charge in [0.2, 0.25) is 0 Å². The van der Waals surface area contributed by atoms with E-state index in [9.17, 15) is 0 Å². The number of halogens is 1. The molecule has 0 saturated heterocycles. The van der Waals surface area contributed by atoms with Crippen LogP contribution in [0, 0.1) is 0 Å². The summed E-state index contributed by atoms with van der Waals surface area (Å²) in [5.74, 6) is 0. The van der Waals surface area contributed by atoms with Crippen molar-refractivity contribution in [2.45, 2.75) is 45.6 Å². The van der Waals surface area contributed by atoms with Crippen LogP contribution in [0.1, 0.15) is 39.5 Å². The summed E-state index contributed by atoms with van der Waals surface area (Å²) in [6.45, 7) is 6.89. The Hall–Kier alpha value is 0.650. The number of nitrogens with one attached hydrogen (secondary N) is 1. The van der Waals surface area contributed by atoms with Gasteiger partial charge in [0.25, 0.3) is 0 Å². The van der Waals surface area contributed by atoms with Crippen LogP contribution in [0.5, 0.6) is 0 Å². The van der Waals surface area contributed by atoms with E-state index in [1.165, 1.54) is 38.8 Å². The molecule has 0 aromatic carbocycles. The molecule has 0 aliphatic rings. The Bertz CT molecular complexity index is 107. The smallest absolute Gasteiger partial charge is 0.0198 e. The largest absolute Gasteiger partial charge is 0.314 e. The lowest BCUT2D eigenvalue weighted by atomic mass is 10.2. The standard InChI is InChI=1S/C10H23IN2/c1-4-5-8-12-10(2)7-6-9-13(3)11/h10,12H,4-9H2,1-3H3. The van der Waals surface area contributed by atoms with E-state index < -0.39 is 0 Å². The predicted octanol–water partition coefficient (Wildman–Crippen LogP) is 2.83. The molecule has 0 bridgehead atoms. The minimum atomic E-state index is 0.683. The van der Waals surface area contributed by atoms with Gasteiger partial charge in [-0.05, 0) is 39.8 Å². The zero-order chi connectivity index (χ0) is 10.1.